The number of benzene rings is 3. The molecule has 150 valence electrons. The van der Waals surface area contributed by atoms with Gasteiger partial charge < -0.3 is 4.90 Å². The van der Waals surface area contributed by atoms with Gasteiger partial charge in [-0.3, -0.25) is 9.59 Å². The number of rotatable bonds is 5. The van der Waals surface area contributed by atoms with E-state index in [1.807, 2.05) is 98.5 Å². The summed E-state index contributed by atoms with van der Waals surface area (Å²) in [7, 11) is 0. The Hall–Kier alpha value is -3.66. The van der Waals surface area contributed by atoms with Crippen LogP contribution in [0.2, 0.25) is 0 Å². The van der Waals surface area contributed by atoms with Gasteiger partial charge in [0.1, 0.15) is 5.70 Å². The van der Waals surface area contributed by atoms with E-state index in [4.69, 9.17) is 0 Å². The highest BCUT2D eigenvalue weighted by atomic mass is 16.2. The zero-order valence-corrected chi connectivity index (χ0v) is 17.4. The largest absolute Gasteiger partial charge is 0.337 e. The van der Waals surface area contributed by atoms with Gasteiger partial charge in [0.05, 0.1) is 11.3 Å². The Morgan fingerprint density at radius 3 is 2.10 bits per heavy atom. The predicted molar refractivity (Wildman–Crippen MR) is 121 cm³/mol. The van der Waals surface area contributed by atoms with Gasteiger partial charge in [0.15, 0.2) is 0 Å². The predicted octanol–water partition coefficient (Wildman–Crippen LogP) is 5.11. The number of nitrogens with zero attached hydrogens (tertiary/aromatic N) is 2. The van der Waals surface area contributed by atoms with E-state index in [-0.39, 0.29) is 11.8 Å². The van der Waals surface area contributed by atoms with Crippen molar-refractivity contribution in [2.24, 2.45) is 0 Å². The zero-order valence-electron chi connectivity index (χ0n) is 17.4. The van der Waals surface area contributed by atoms with Crippen molar-refractivity contribution in [3.63, 3.8) is 0 Å². The van der Waals surface area contributed by atoms with Crippen molar-refractivity contribution in [1.29, 1.82) is 0 Å². The lowest BCUT2D eigenvalue weighted by molar-refractivity contribution is -0.120. The molecule has 0 saturated heterocycles. The molecule has 1 aliphatic rings. The van der Waals surface area contributed by atoms with E-state index in [1.54, 1.807) is 6.07 Å². The smallest absolute Gasteiger partial charge is 0.282 e. The maximum Gasteiger partial charge on any atom is 0.282 e. The minimum Gasteiger partial charge on any atom is -0.337 e. The maximum atomic E-state index is 13.7. The van der Waals surface area contributed by atoms with E-state index in [9.17, 15) is 9.59 Å². The summed E-state index contributed by atoms with van der Waals surface area (Å²) >= 11 is 0. The Morgan fingerprint density at radius 1 is 0.767 bits per heavy atom. The van der Waals surface area contributed by atoms with Gasteiger partial charge in [-0.05, 0) is 56.2 Å². The molecule has 0 atom stereocenters. The van der Waals surface area contributed by atoms with Crippen LogP contribution in [0.15, 0.2) is 84.6 Å². The maximum absolute atomic E-state index is 13.7. The topological polar surface area (TPSA) is 40.6 Å². The highest BCUT2D eigenvalue weighted by Crippen LogP contribution is 2.36. The molecule has 0 fully saturated rings. The molecule has 3 aromatic carbocycles. The van der Waals surface area contributed by atoms with Crippen LogP contribution in [0.4, 0.5) is 11.4 Å². The molecule has 0 spiro atoms. The fraction of sp³-hybridized carbons (Fsp3) is 0.154. The van der Waals surface area contributed by atoms with Crippen LogP contribution in [-0.2, 0) is 9.59 Å². The van der Waals surface area contributed by atoms with Crippen LogP contribution < -0.4 is 9.80 Å². The molecule has 0 N–H and O–H groups in total. The first-order chi connectivity index (χ1) is 14.5. The van der Waals surface area contributed by atoms with Crippen LogP contribution in [0.25, 0.3) is 5.57 Å². The Bertz CT molecular complexity index is 1130. The van der Waals surface area contributed by atoms with Crippen LogP contribution in [0.5, 0.6) is 0 Å². The number of aryl methyl sites for hydroxylation is 2. The number of imide groups is 1. The first-order valence-corrected chi connectivity index (χ1v) is 10.1. The minimum absolute atomic E-state index is 0.293. The van der Waals surface area contributed by atoms with Gasteiger partial charge in [-0.25, -0.2) is 4.90 Å². The van der Waals surface area contributed by atoms with Crippen molar-refractivity contribution in [3.05, 3.63) is 101 Å². The summed E-state index contributed by atoms with van der Waals surface area (Å²) < 4.78 is 0. The third-order valence-electron chi connectivity index (χ3n) is 5.31. The highest BCUT2D eigenvalue weighted by Gasteiger charge is 2.42. The first kappa shape index (κ1) is 19.6. The number of hydrogen-bond acceptors (Lipinski definition) is 3. The van der Waals surface area contributed by atoms with Crippen LogP contribution in [0.1, 0.15) is 23.6 Å². The Kier molecular flexibility index (Phi) is 5.23. The number of anilines is 2. The molecule has 30 heavy (non-hydrogen) atoms. The summed E-state index contributed by atoms with van der Waals surface area (Å²) in [4.78, 5) is 30.5. The van der Waals surface area contributed by atoms with Crippen molar-refractivity contribution < 1.29 is 9.59 Å². The second-order valence-electron chi connectivity index (χ2n) is 7.45. The second-order valence-corrected chi connectivity index (χ2v) is 7.45. The van der Waals surface area contributed by atoms with Gasteiger partial charge in [-0.1, -0.05) is 60.2 Å². The van der Waals surface area contributed by atoms with E-state index >= 15 is 0 Å². The number of carbonyl (C=O) groups is 2. The van der Waals surface area contributed by atoms with Gasteiger partial charge in [0.25, 0.3) is 11.8 Å². The van der Waals surface area contributed by atoms with Crippen LogP contribution in [-0.4, -0.2) is 18.4 Å². The lowest BCUT2D eigenvalue weighted by atomic mass is 10.0. The van der Waals surface area contributed by atoms with E-state index < -0.39 is 0 Å². The van der Waals surface area contributed by atoms with E-state index in [2.05, 4.69) is 0 Å². The molecular formula is C26H24N2O2. The first-order valence-electron chi connectivity index (χ1n) is 10.1. The van der Waals surface area contributed by atoms with Crippen molar-refractivity contribution in [1.82, 2.24) is 0 Å². The van der Waals surface area contributed by atoms with E-state index in [0.29, 0.717) is 23.5 Å². The molecule has 0 aliphatic carbocycles. The van der Waals surface area contributed by atoms with Gasteiger partial charge in [-0.15, -0.1) is 0 Å². The Morgan fingerprint density at radius 2 is 1.47 bits per heavy atom. The third-order valence-corrected chi connectivity index (χ3v) is 5.31. The molecule has 4 nitrogen and oxygen atoms in total. The fourth-order valence-electron chi connectivity index (χ4n) is 3.83. The zero-order chi connectivity index (χ0) is 21.3. The number of hydrogen-bond donors (Lipinski definition) is 0. The van der Waals surface area contributed by atoms with Crippen LogP contribution >= 0.6 is 0 Å². The van der Waals surface area contributed by atoms with Gasteiger partial charge >= 0.3 is 0 Å². The monoisotopic (exact) mass is 396 g/mol. The molecule has 3 aromatic rings. The molecule has 1 aliphatic heterocycles. The van der Waals surface area contributed by atoms with Crippen molar-refractivity contribution in [3.8, 4) is 0 Å². The van der Waals surface area contributed by atoms with Crippen LogP contribution in [0, 0.1) is 13.8 Å². The molecular weight excluding hydrogens is 372 g/mol. The summed E-state index contributed by atoms with van der Waals surface area (Å²) in [5.41, 5.74) is 5.17. The third kappa shape index (κ3) is 3.41. The lowest BCUT2D eigenvalue weighted by Crippen LogP contribution is -2.35. The molecule has 4 rings (SSSR count). The van der Waals surface area contributed by atoms with Gasteiger partial charge in [-0.2, -0.15) is 0 Å². The molecule has 4 heteroatoms. The summed E-state index contributed by atoms with van der Waals surface area (Å²) in [6, 6.07) is 24.9. The normalized spacial score (nSPS) is 13.9. The number of amides is 2. The Balaban J connectivity index is 1.91. The van der Waals surface area contributed by atoms with Crippen molar-refractivity contribution in [2.45, 2.75) is 20.8 Å². The average Bonchev–Trinajstić information content (AvgIpc) is 3.00. The summed E-state index contributed by atoms with van der Waals surface area (Å²) in [5, 5.41) is 0. The Labute approximate surface area is 177 Å². The molecule has 2 amide bonds. The fourth-order valence-corrected chi connectivity index (χ4v) is 3.83. The summed E-state index contributed by atoms with van der Waals surface area (Å²) in [5.74, 6) is -0.592. The van der Waals surface area contributed by atoms with E-state index in [0.717, 1.165) is 22.4 Å². The molecule has 0 saturated carbocycles. The number of para-hydroxylation sites is 1. The highest BCUT2D eigenvalue weighted by molar-refractivity contribution is 6.46. The molecule has 0 unspecified atom stereocenters. The average molecular weight is 396 g/mol. The number of likely N-dealkylation sites (N-methyl/N-ethyl adjacent to an activating group) is 1. The molecule has 0 radical (unpaired) electrons. The molecule has 0 bridgehead atoms. The van der Waals surface area contributed by atoms with Crippen molar-refractivity contribution >= 4 is 28.8 Å². The standard InChI is InChI=1S/C26H24N2O2/c1-4-27(21-10-6-5-7-11-21)24-23(20-15-13-18(2)14-16-20)25(29)28(26(24)30)22-12-8-9-19(3)17-22/h5-17H,4H2,1-3H3. The lowest BCUT2D eigenvalue weighted by Gasteiger charge is -2.25. The number of carbonyl (C=O) groups excluding carboxylic acids is 2. The van der Waals surface area contributed by atoms with Crippen molar-refractivity contribution in [2.75, 3.05) is 16.3 Å². The molecule has 0 aromatic heterocycles. The van der Waals surface area contributed by atoms with E-state index in [1.165, 1.54) is 4.90 Å². The summed E-state index contributed by atoms with van der Waals surface area (Å²) in [6.45, 7) is 6.50. The van der Waals surface area contributed by atoms with Gasteiger partial charge in [0.2, 0.25) is 0 Å². The second kappa shape index (κ2) is 7.99. The summed E-state index contributed by atoms with van der Waals surface area (Å²) in [6.07, 6.45) is 0. The van der Waals surface area contributed by atoms with Crippen LogP contribution in [0.3, 0.4) is 0 Å². The minimum atomic E-state index is -0.299. The SMILES string of the molecule is CCN(C1=C(c2ccc(C)cc2)C(=O)N(c2cccc(C)c2)C1=O)c1ccccc1. The van der Waals surface area contributed by atoms with Gasteiger partial charge in [0, 0.05) is 12.2 Å². The molecule has 1 heterocycles. The quantitative estimate of drug-likeness (QED) is 0.563.